The molecule has 2 aromatic rings. The van der Waals surface area contributed by atoms with Crippen molar-refractivity contribution in [3.05, 3.63) is 50.3 Å². The lowest BCUT2D eigenvalue weighted by Crippen LogP contribution is -2.50. The molecule has 8 heteroatoms. The summed E-state index contributed by atoms with van der Waals surface area (Å²) in [6.07, 6.45) is 0.367. The Bertz CT molecular complexity index is 744. The van der Waals surface area contributed by atoms with Crippen LogP contribution in [0.25, 0.3) is 0 Å². The molecule has 0 spiro atoms. The zero-order chi connectivity index (χ0) is 16.9. The molecule has 128 valence electrons. The monoisotopic (exact) mass is 349 g/mol. The first-order valence-electron chi connectivity index (χ1n) is 7.70. The van der Waals surface area contributed by atoms with E-state index in [1.165, 1.54) is 17.4 Å². The minimum Gasteiger partial charge on any atom is -0.379 e. The summed E-state index contributed by atoms with van der Waals surface area (Å²) in [6.45, 7) is 3.09. The predicted molar refractivity (Wildman–Crippen MR) is 89.2 cm³/mol. The van der Waals surface area contributed by atoms with E-state index in [9.17, 15) is 9.59 Å². The van der Waals surface area contributed by atoms with Crippen molar-refractivity contribution in [2.75, 3.05) is 13.2 Å². The Morgan fingerprint density at radius 1 is 1.54 bits per heavy atom. The molecule has 0 radical (unpaired) electrons. The van der Waals surface area contributed by atoms with Gasteiger partial charge in [0, 0.05) is 17.7 Å². The van der Waals surface area contributed by atoms with Crippen LogP contribution >= 0.6 is 11.3 Å². The number of pyridine rings is 1. The smallest absolute Gasteiger partial charge is 0.260 e. The zero-order valence-electron chi connectivity index (χ0n) is 13.3. The number of nitrogens with zero attached hydrogens (tertiary/aromatic N) is 1. The lowest BCUT2D eigenvalue weighted by Gasteiger charge is -2.31. The number of hydrogen-bond donors (Lipinski definition) is 2. The van der Waals surface area contributed by atoms with Gasteiger partial charge < -0.3 is 19.8 Å². The van der Waals surface area contributed by atoms with Gasteiger partial charge in [-0.25, -0.2) is 4.98 Å². The molecular weight excluding hydrogens is 330 g/mol. The third-order valence-electron chi connectivity index (χ3n) is 3.85. The summed E-state index contributed by atoms with van der Waals surface area (Å²) in [4.78, 5) is 31.1. The number of thiazole rings is 1. The van der Waals surface area contributed by atoms with Gasteiger partial charge in [0.1, 0.15) is 11.7 Å². The molecule has 0 bridgehead atoms. The van der Waals surface area contributed by atoms with Crippen LogP contribution in [0.1, 0.15) is 28.2 Å². The first-order chi connectivity index (χ1) is 11.6. The topological polar surface area (TPSA) is 93.3 Å². The van der Waals surface area contributed by atoms with Crippen LogP contribution in [0.3, 0.4) is 0 Å². The Morgan fingerprint density at radius 3 is 3.17 bits per heavy atom. The molecule has 1 aliphatic rings. The molecule has 2 aromatic heterocycles. The summed E-state index contributed by atoms with van der Waals surface area (Å²) in [6, 6.07) is 3.04. The van der Waals surface area contributed by atoms with E-state index in [4.69, 9.17) is 9.47 Å². The van der Waals surface area contributed by atoms with Crippen molar-refractivity contribution in [1.29, 1.82) is 0 Å². The Kier molecular flexibility index (Phi) is 5.39. The van der Waals surface area contributed by atoms with Gasteiger partial charge in [0.05, 0.1) is 30.5 Å². The second kappa shape index (κ2) is 7.69. The van der Waals surface area contributed by atoms with E-state index in [0.717, 1.165) is 5.69 Å². The van der Waals surface area contributed by atoms with Gasteiger partial charge >= 0.3 is 0 Å². The van der Waals surface area contributed by atoms with Crippen molar-refractivity contribution in [3.8, 4) is 0 Å². The highest BCUT2D eigenvalue weighted by Gasteiger charge is 2.29. The summed E-state index contributed by atoms with van der Waals surface area (Å²) in [7, 11) is 0. The van der Waals surface area contributed by atoms with Crippen LogP contribution in [-0.4, -0.2) is 41.2 Å². The van der Waals surface area contributed by atoms with E-state index in [0.29, 0.717) is 31.9 Å². The van der Waals surface area contributed by atoms with E-state index in [1.807, 2.05) is 5.38 Å². The molecule has 1 aliphatic heterocycles. The van der Waals surface area contributed by atoms with Crippen molar-refractivity contribution < 1.29 is 14.3 Å². The number of aromatic amines is 1. The Labute approximate surface area is 143 Å². The van der Waals surface area contributed by atoms with E-state index in [1.54, 1.807) is 18.5 Å². The van der Waals surface area contributed by atoms with Gasteiger partial charge in [0.25, 0.3) is 11.5 Å². The average molecular weight is 349 g/mol. The number of aromatic nitrogens is 2. The molecule has 2 N–H and O–H groups in total. The zero-order valence-corrected chi connectivity index (χ0v) is 14.1. The Hall–Kier alpha value is -2.03. The van der Waals surface area contributed by atoms with E-state index < -0.39 is 5.91 Å². The van der Waals surface area contributed by atoms with Gasteiger partial charge in [-0.3, -0.25) is 9.59 Å². The molecule has 0 aliphatic carbocycles. The SMILES string of the molecule is Cc1ccc(C(=O)N[C@@H]2CCOC[C@H]2OCc2cscn2)c(=O)[nH]1. The number of H-pyrrole nitrogens is 1. The van der Waals surface area contributed by atoms with E-state index in [2.05, 4.69) is 15.3 Å². The van der Waals surface area contributed by atoms with Crippen LogP contribution in [0, 0.1) is 6.92 Å². The van der Waals surface area contributed by atoms with Gasteiger partial charge in [-0.1, -0.05) is 0 Å². The summed E-state index contributed by atoms with van der Waals surface area (Å²) in [5, 5.41) is 4.81. The maximum absolute atomic E-state index is 12.4. The molecule has 1 fully saturated rings. The highest BCUT2D eigenvalue weighted by Crippen LogP contribution is 2.14. The van der Waals surface area contributed by atoms with Gasteiger partial charge in [-0.05, 0) is 25.5 Å². The quantitative estimate of drug-likeness (QED) is 0.847. The summed E-state index contributed by atoms with van der Waals surface area (Å²) < 4.78 is 11.3. The van der Waals surface area contributed by atoms with Crippen molar-refractivity contribution in [3.63, 3.8) is 0 Å². The minimum atomic E-state index is -0.398. The van der Waals surface area contributed by atoms with Crippen LogP contribution in [0.2, 0.25) is 0 Å². The van der Waals surface area contributed by atoms with Crippen molar-refractivity contribution in [2.24, 2.45) is 0 Å². The lowest BCUT2D eigenvalue weighted by molar-refractivity contribution is -0.0742. The molecule has 1 amide bonds. The fraction of sp³-hybridized carbons (Fsp3) is 0.438. The van der Waals surface area contributed by atoms with Crippen LogP contribution in [0.15, 0.2) is 27.8 Å². The van der Waals surface area contributed by atoms with E-state index >= 15 is 0 Å². The van der Waals surface area contributed by atoms with Crippen LogP contribution in [0.4, 0.5) is 0 Å². The Balaban J connectivity index is 1.64. The van der Waals surface area contributed by atoms with Gasteiger partial charge in [0.15, 0.2) is 0 Å². The summed E-state index contributed by atoms with van der Waals surface area (Å²) in [5.74, 6) is -0.398. The highest BCUT2D eigenvalue weighted by atomic mass is 32.1. The predicted octanol–water partition coefficient (Wildman–Crippen LogP) is 1.24. The van der Waals surface area contributed by atoms with Crippen molar-refractivity contribution in [2.45, 2.75) is 32.1 Å². The molecule has 7 nitrogen and oxygen atoms in total. The van der Waals surface area contributed by atoms with E-state index in [-0.39, 0.29) is 23.3 Å². The summed E-state index contributed by atoms with van der Waals surface area (Å²) >= 11 is 1.51. The fourth-order valence-electron chi connectivity index (χ4n) is 2.54. The second-order valence-electron chi connectivity index (χ2n) is 5.66. The highest BCUT2D eigenvalue weighted by molar-refractivity contribution is 7.07. The second-order valence-corrected chi connectivity index (χ2v) is 6.38. The maximum Gasteiger partial charge on any atom is 0.260 e. The summed E-state index contributed by atoms with van der Waals surface area (Å²) in [5.41, 5.74) is 3.03. The number of nitrogens with one attached hydrogen (secondary N) is 2. The molecule has 3 rings (SSSR count). The number of rotatable bonds is 5. The van der Waals surface area contributed by atoms with Crippen LogP contribution in [0.5, 0.6) is 0 Å². The molecule has 3 heterocycles. The fourth-order valence-corrected chi connectivity index (χ4v) is 3.08. The number of ether oxygens (including phenoxy) is 2. The molecular formula is C16H19N3O4S. The van der Waals surface area contributed by atoms with Crippen LogP contribution < -0.4 is 10.9 Å². The number of carbonyl (C=O) groups is 1. The molecule has 0 unspecified atom stereocenters. The average Bonchev–Trinajstić information content (AvgIpc) is 3.07. The molecule has 2 atom stereocenters. The lowest BCUT2D eigenvalue weighted by atomic mass is 10.1. The number of amides is 1. The number of hydrogen-bond acceptors (Lipinski definition) is 6. The first kappa shape index (κ1) is 16.8. The molecule has 24 heavy (non-hydrogen) atoms. The first-order valence-corrected chi connectivity index (χ1v) is 8.65. The number of aryl methyl sites for hydroxylation is 1. The van der Waals surface area contributed by atoms with Gasteiger partial charge in [-0.15, -0.1) is 11.3 Å². The van der Waals surface area contributed by atoms with Gasteiger partial charge in [-0.2, -0.15) is 0 Å². The standard InChI is InChI=1S/C16H19N3O4S/c1-10-2-3-12(15(20)18-10)16(21)19-13-4-5-22-7-14(13)23-6-11-8-24-9-17-11/h2-3,8-9,13-14H,4-7H2,1H3,(H,18,20)(H,19,21)/t13-,14-/m1/s1. The van der Waals surface area contributed by atoms with Crippen LogP contribution in [-0.2, 0) is 16.1 Å². The third kappa shape index (κ3) is 4.08. The number of carbonyl (C=O) groups excluding carboxylic acids is 1. The largest absolute Gasteiger partial charge is 0.379 e. The molecule has 0 aromatic carbocycles. The Morgan fingerprint density at radius 2 is 2.42 bits per heavy atom. The maximum atomic E-state index is 12.4. The van der Waals surface area contributed by atoms with Gasteiger partial charge in [0.2, 0.25) is 0 Å². The molecule has 1 saturated heterocycles. The molecule has 0 saturated carbocycles. The van der Waals surface area contributed by atoms with Crippen molar-refractivity contribution >= 4 is 17.2 Å². The normalized spacial score (nSPS) is 20.7. The van der Waals surface area contributed by atoms with Crippen molar-refractivity contribution in [1.82, 2.24) is 15.3 Å². The third-order valence-corrected chi connectivity index (χ3v) is 4.48. The minimum absolute atomic E-state index is 0.102.